The summed E-state index contributed by atoms with van der Waals surface area (Å²) in [5.41, 5.74) is 5.32. The van der Waals surface area contributed by atoms with Gasteiger partial charge in [0.1, 0.15) is 0 Å². The maximum atomic E-state index is 14.6. The number of amides is 1. The van der Waals surface area contributed by atoms with Crippen LogP contribution in [0.25, 0.3) is 0 Å². The van der Waals surface area contributed by atoms with Gasteiger partial charge < -0.3 is 11.1 Å². The van der Waals surface area contributed by atoms with Crippen LogP contribution in [0.1, 0.15) is 12.8 Å². The molecule has 16 heavy (non-hydrogen) atoms. The number of rotatable bonds is 2. The molecule has 0 spiro atoms. The maximum absolute atomic E-state index is 14.6. The molecule has 2 heterocycles. The number of fused-ring (bicyclic) bond motifs is 1. The predicted octanol–water partition coefficient (Wildman–Crippen LogP) is 0.231. The Kier molecular flexibility index (Phi) is 1.89. The highest BCUT2D eigenvalue weighted by atomic mass is 19.1. The summed E-state index contributed by atoms with van der Waals surface area (Å²) in [6.45, 7) is 0. The number of alkyl halides is 1. The monoisotopic (exact) mass is 223 g/mol. The van der Waals surface area contributed by atoms with Gasteiger partial charge in [-0.25, -0.2) is 4.90 Å². The van der Waals surface area contributed by atoms with Gasteiger partial charge in [0.25, 0.3) is 5.92 Å². The van der Waals surface area contributed by atoms with Crippen molar-refractivity contribution in [2.24, 2.45) is 11.7 Å². The quantitative estimate of drug-likeness (QED) is 0.659. The first kappa shape index (κ1) is 9.84. The summed E-state index contributed by atoms with van der Waals surface area (Å²) >= 11 is 0. The number of carbonyl (C=O) groups excluding carboxylic acids is 1. The Morgan fingerprint density at radius 1 is 1.50 bits per heavy atom. The normalized spacial score (nSPS) is 45.2. The molecule has 4 atom stereocenters. The van der Waals surface area contributed by atoms with E-state index in [1.165, 1.54) is 6.08 Å². The SMILES string of the molecule is NC(=O)[C@@H]1C[C@H]2C[C@H]2N1C1(F)C=CC=CN1. The minimum Gasteiger partial charge on any atom is -0.368 e. The summed E-state index contributed by atoms with van der Waals surface area (Å²) in [7, 11) is 0. The molecule has 3 aliphatic rings. The zero-order chi connectivity index (χ0) is 11.3. The van der Waals surface area contributed by atoms with Crippen LogP contribution in [-0.2, 0) is 4.79 Å². The summed E-state index contributed by atoms with van der Waals surface area (Å²) in [6, 6.07) is -0.330. The fraction of sp³-hybridized carbons (Fsp3) is 0.545. The first-order valence-electron chi connectivity index (χ1n) is 5.50. The van der Waals surface area contributed by atoms with E-state index >= 15 is 0 Å². The van der Waals surface area contributed by atoms with Gasteiger partial charge in [-0.05, 0) is 30.9 Å². The van der Waals surface area contributed by atoms with Gasteiger partial charge in [0.15, 0.2) is 0 Å². The van der Waals surface area contributed by atoms with E-state index in [2.05, 4.69) is 5.32 Å². The lowest BCUT2D eigenvalue weighted by atomic mass is 10.1. The lowest BCUT2D eigenvalue weighted by molar-refractivity contribution is -0.129. The second-order valence-electron chi connectivity index (χ2n) is 4.66. The molecule has 1 aliphatic carbocycles. The van der Waals surface area contributed by atoms with Crippen LogP contribution in [0.4, 0.5) is 4.39 Å². The zero-order valence-corrected chi connectivity index (χ0v) is 8.77. The van der Waals surface area contributed by atoms with Gasteiger partial charge >= 0.3 is 0 Å². The van der Waals surface area contributed by atoms with E-state index in [0.29, 0.717) is 12.3 Å². The van der Waals surface area contributed by atoms with Gasteiger partial charge in [-0.3, -0.25) is 4.79 Å². The molecule has 1 saturated carbocycles. The van der Waals surface area contributed by atoms with Crippen LogP contribution in [0.15, 0.2) is 24.4 Å². The smallest absolute Gasteiger partial charge is 0.258 e. The van der Waals surface area contributed by atoms with Crippen LogP contribution >= 0.6 is 0 Å². The number of hydrogen-bond donors (Lipinski definition) is 2. The first-order valence-corrected chi connectivity index (χ1v) is 5.50. The van der Waals surface area contributed by atoms with Crippen molar-refractivity contribution in [1.82, 2.24) is 10.2 Å². The molecule has 0 aromatic carbocycles. The average molecular weight is 223 g/mol. The van der Waals surface area contributed by atoms with Crippen LogP contribution < -0.4 is 11.1 Å². The molecular weight excluding hydrogens is 209 g/mol. The second-order valence-corrected chi connectivity index (χ2v) is 4.66. The number of piperidine rings is 1. The molecule has 4 nitrogen and oxygen atoms in total. The van der Waals surface area contributed by atoms with Crippen LogP contribution in [0.3, 0.4) is 0 Å². The first-order chi connectivity index (χ1) is 7.62. The van der Waals surface area contributed by atoms with E-state index in [9.17, 15) is 9.18 Å². The third-order valence-electron chi connectivity index (χ3n) is 3.62. The number of allylic oxidation sites excluding steroid dienone is 2. The molecule has 1 unspecified atom stereocenters. The van der Waals surface area contributed by atoms with Crippen molar-refractivity contribution in [2.45, 2.75) is 30.8 Å². The van der Waals surface area contributed by atoms with Gasteiger partial charge in [-0.2, -0.15) is 4.39 Å². The average Bonchev–Trinajstić information content (AvgIpc) is 2.89. The number of halogens is 1. The number of nitrogens with zero attached hydrogens (tertiary/aromatic N) is 1. The van der Waals surface area contributed by atoms with Crippen LogP contribution in [0, 0.1) is 5.92 Å². The molecule has 3 N–H and O–H groups in total. The van der Waals surface area contributed by atoms with Gasteiger partial charge in [0.2, 0.25) is 5.91 Å². The molecule has 0 aromatic rings. The molecule has 5 heteroatoms. The molecule has 1 saturated heterocycles. The largest absolute Gasteiger partial charge is 0.368 e. The molecule has 3 rings (SSSR count). The fourth-order valence-corrected chi connectivity index (χ4v) is 2.79. The standard InChI is InChI=1S/C11H14FN3O/c12-11(3-1-2-4-14-11)15-8-5-7(8)6-9(15)10(13)16/h1-4,7-9,14H,5-6H2,(H2,13,16)/t7-,8-,9+,11?/m1/s1. The fourth-order valence-electron chi connectivity index (χ4n) is 2.79. The van der Waals surface area contributed by atoms with Crippen molar-refractivity contribution in [2.75, 3.05) is 0 Å². The van der Waals surface area contributed by atoms with E-state index in [-0.39, 0.29) is 6.04 Å². The highest BCUT2D eigenvalue weighted by Crippen LogP contribution is 2.51. The summed E-state index contributed by atoms with van der Waals surface area (Å²) in [5.74, 6) is -1.76. The number of nitrogens with one attached hydrogen (secondary N) is 1. The molecule has 0 bridgehead atoms. The predicted molar refractivity (Wildman–Crippen MR) is 56.6 cm³/mol. The number of nitrogens with two attached hydrogens (primary N) is 1. The molecule has 86 valence electrons. The Morgan fingerprint density at radius 3 is 2.94 bits per heavy atom. The minimum atomic E-state index is -1.76. The minimum absolute atomic E-state index is 0.158. The number of dihydropyridines is 1. The second kappa shape index (κ2) is 3.07. The van der Waals surface area contributed by atoms with Gasteiger partial charge in [-0.15, -0.1) is 0 Å². The highest BCUT2D eigenvalue weighted by molar-refractivity contribution is 5.80. The number of primary amides is 1. The van der Waals surface area contributed by atoms with E-state index in [0.717, 1.165) is 6.42 Å². The number of hydrogen-bond acceptors (Lipinski definition) is 3. The van der Waals surface area contributed by atoms with Gasteiger partial charge in [0.05, 0.1) is 6.04 Å². The van der Waals surface area contributed by atoms with Crippen molar-refractivity contribution < 1.29 is 9.18 Å². The molecule has 2 fully saturated rings. The van der Waals surface area contributed by atoms with E-state index in [1.54, 1.807) is 23.3 Å². The Bertz CT molecular complexity index is 395. The molecule has 2 aliphatic heterocycles. The Labute approximate surface area is 93.0 Å². The Hall–Kier alpha value is -1.36. The zero-order valence-electron chi connectivity index (χ0n) is 8.77. The van der Waals surface area contributed by atoms with Crippen molar-refractivity contribution >= 4 is 5.91 Å². The molecule has 0 aromatic heterocycles. The number of carbonyl (C=O) groups is 1. The lowest BCUT2D eigenvalue weighted by Crippen LogP contribution is -2.59. The van der Waals surface area contributed by atoms with E-state index < -0.39 is 17.9 Å². The molecule has 1 amide bonds. The molecule has 0 radical (unpaired) electrons. The molecular formula is C11H14FN3O. The van der Waals surface area contributed by atoms with Crippen LogP contribution in [-0.4, -0.2) is 28.8 Å². The van der Waals surface area contributed by atoms with Crippen molar-refractivity contribution in [3.05, 3.63) is 24.4 Å². The summed E-state index contributed by atoms with van der Waals surface area (Å²) in [4.78, 5) is 12.9. The summed E-state index contributed by atoms with van der Waals surface area (Å²) in [5, 5.41) is 2.66. The van der Waals surface area contributed by atoms with Crippen molar-refractivity contribution in [3.63, 3.8) is 0 Å². The topological polar surface area (TPSA) is 58.4 Å². The lowest BCUT2D eigenvalue weighted by Gasteiger charge is -2.38. The maximum Gasteiger partial charge on any atom is 0.258 e. The van der Waals surface area contributed by atoms with Gasteiger partial charge in [0, 0.05) is 12.2 Å². The van der Waals surface area contributed by atoms with Crippen molar-refractivity contribution in [3.8, 4) is 0 Å². The van der Waals surface area contributed by atoms with Crippen LogP contribution in [0.5, 0.6) is 0 Å². The van der Waals surface area contributed by atoms with E-state index in [1.807, 2.05) is 0 Å². The van der Waals surface area contributed by atoms with Crippen LogP contribution in [0.2, 0.25) is 0 Å². The highest BCUT2D eigenvalue weighted by Gasteiger charge is 2.60. The third-order valence-corrected chi connectivity index (χ3v) is 3.62. The van der Waals surface area contributed by atoms with Gasteiger partial charge in [-0.1, -0.05) is 6.08 Å². The Morgan fingerprint density at radius 2 is 2.31 bits per heavy atom. The van der Waals surface area contributed by atoms with Crippen molar-refractivity contribution in [1.29, 1.82) is 0 Å². The third kappa shape index (κ3) is 1.28. The summed E-state index contributed by atoms with van der Waals surface area (Å²) in [6.07, 6.45) is 8.00. The van der Waals surface area contributed by atoms with E-state index in [4.69, 9.17) is 5.73 Å². The number of likely N-dealkylation sites (tertiary alicyclic amines) is 1. The summed E-state index contributed by atoms with van der Waals surface area (Å²) < 4.78 is 14.6. The Balaban J connectivity index is 1.89.